The number of carbonyl (C=O) groups is 3. The highest BCUT2D eigenvalue weighted by Crippen LogP contribution is 2.23. The molecule has 0 unspecified atom stereocenters. The summed E-state index contributed by atoms with van der Waals surface area (Å²) in [7, 11) is 0. The van der Waals surface area contributed by atoms with Crippen LogP contribution in [0.25, 0.3) is 0 Å². The molecule has 0 aromatic rings. The molecule has 0 aliphatic carbocycles. The maximum Gasteiger partial charge on any atom is 0.410 e. The Morgan fingerprint density at radius 3 is 2.04 bits per heavy atom. The predicted molar refractivity (Wildman–Crippen MR) is 93.9 cm³/mol. The summed E-state index contributed by atoms with van der Waals surface area (Å²) in [5.41, 5.74) is 0. The molecule has 7 nitrogen and oxygen atoms in total. The second kappa shape index (κ2) is 11.7. The minimum absolute atomic E-state index is 0.0202. The summed E-state index contributed by atoms with van der Waals surface area (Å²) in [5.74, 6) is -1.62. The zero-order valence-electron chi connectivity index (χ0n) is 16.2. The standard InChI is InChI=1S/C18H33NO6/c1-7-14(8-11(2)3)9-15(16(20)21)10-19-18(23)25-13(6)24-17(22)12(4)5/h11-15H,7-10H2,1-6H3,(H,19,23)(H,20,21)/t13-,14+,15-/m1/s1. The Bertz CT molecular complexity index is 435. The van der Waals surface area contributed by atoms with Gasteiger partial charge >= 0.3 is 18.0 Å². The van der Waals surface area contributed by atoms with Crippen LogP contribution >= 0.6 is 0 Å². The van der Waals surface area contributed by atoms with Crippen LogP contribution in [0.1, 0.15) is 60.8 Å². The van der Waals surface area contributed by atoms with Crippen LogP contribution in [0.4, 0.5) is 4.79 Å². The van der Waals surface area contributed by atoms with Crippen molar-refractivity contribution in [1.82, 2.24) is 5.32 Å². The van der Waals surface area contributed by atoms with Gasteiger partial charge in [0.1, 0.15) is 0 Å². The average Bonchev–Trinajstić information content (AvgIpc) is 2.48. The van der Waals surface area contributed by atoms with E-state index in [1.54, 1.807) is 13.8 Å². The van der Waals surface area contributed by atoms with Gasteiger partial charge in [-0.05, 0) is 24.7 Å². The molecule has 0 aliphatic rings. The fraction of sp³-hybridized carbons (Fsp3) is 0.833. The van der Waals surface area contributed by atoms with E-state index in [1.165, 1.54) is 6.92 Å². The molecule has 0 radical (unpaired) electrons. The molecule has 7 heteroatoms. The lowest BCUT2D eigenvalue weighted by Crippen LogP contribution is -2.36. The second-order valence-corrected chi connectivity index (χ2v) is 7.12. The molecule has 0 bridgehead atoms. The van der Waals surface area contributed by atoms with E-state index in [4.69, 9.17) is 9.47 Å². The summed E-state index contributed by atoms with van der Waals surface area (Å²) in [6.45, 7) is 11.0. The molecule has 0 spiro atoms. The number of alkyl carbamates (subject to hydrolysis) is 1. The first-order valence-electron chi connectivity index (χ1n) is 8.94. The fourth-order valence-corrected chi connectivity index (χ4v) is 2.49. The van der Waals surface area contributed by atoms with Crippen molar-refractivity contribution in [2.24, 2.45) is 23.7 Å². The van der Waals surface area contributed by atoms with Crippen molar-refractivity contribution in [3.8, 4) is 0 Å². The lowest BCUT2D eigenvalue weighted by atomic mass is 9.86. The van der Waals surface area contributed by atoms with E-state index < -0.39 is 30.2 Å². The van der Waals surface area contributed by atoms with E-state index >= 15 is 0 Å². The van der Waals surface area contributed by atoms with Crippen LogP contribution in [-0.4, -0.2) is 36.0 Å². The minimum Gasteiger partial charge on any atom is -0.481 e. The van der Waals surface area contributed by atoms with Gasteiger partial charge in [0.15, 0.2) is 0 Å². The molecule has 0 aliphatic heterocycles. The molecule has 0 aromatic heterocycles. The van der Waals surface area contributed by atoms with Crippen LogP contribution in [0.2, 0.25) is 0 Å². The number of rotatable bonds is 11. The van der Waals surface area contributed by atoms with Crippen molar-refractivity contribution in [2.75, 3.05) is 6.54 Å². The summed E-state index contributed by atoms with van der Waals surface area (Å²) in [6, 6.07) is 0. The number of carbonyl (C=O) groups excluding carboxylic acids is 2. The number of hydrogen-bond donors (Lipinski definition) is 2. The van der Waals surface area contributed by atoms with Crippen LogP contribution in [0.15, 0.2) is 0 Å². The first-order chi connectivity index (χ1) is 11.6. The summed E-state index contributed by atoms with van der Waals surface area (Å²) in [4.78, 5) is 34.6. The molecule has 25 heavy (non-hydrogen) atoms. The van der Waals surface area contributed by atoms with Crippen molar-refractivity contribution in [1.29, 1.82) is 0 Å². The fourth-order valence-electron chi connectivity index (χ4n) is 2.49. The highest BCUT2D eigenvalue weighted by molar-refractivity contribution is 5.73. The third kappa shape index (κ3) is 10.6. The van der Waals surface area contributed by atoms with E-state index in [1.807, 2.05) is 6.92 Å². The van der Waals surface area contributed by atoms with Gasteiger partial charge in [0.2, 0.25) is 6.29 Å². The quantitative estimate of drug-likeness (QED) is 0.433. The largest absolute Gasteiger partial charge is 0.481 e. The Kier molecular flexibility index (Phi) is 10.9. The van der Waals surface area contributed by atoms with E-state index in [-0.39, 0.29) is 12.5 Å². The van der Waals surface area contributed by atoms with Gasteiger partial charge in [-0.2, -0.15) is 0 Å². The van der Waals surface area contributed by atoms with Gasteiger partial charge in [0.05, 0.1) is 11.8 Å². The SMILES string of the molecule is CC[C@@H](CC(C)C)C[C@H](CNC(=O)O[C@H](C)OC(=O)C(C)C)C(=O)O. The van der Waals surface area contributed by atoms with Crippen molar-refractivity contribution in [2.45, 2.75) is 67.1 Å². The summed E-state index contributed by atoms with van der Waals surface area (Å²) in [6.07, 6.45) is 0.527. The van der Waals surface area contributed by atoms with Crippen molar-refractivity contribution < 1.29 is 29.0 Å². The minimum atomic E-state index is -1.03. The molecule has 3 atom stereocenters. The molecule has 1 amide bonds. The van der Waals surface area contributed by atoms with Gasteiger partial charge in [0, 0.05) is 13.5 Å². The summed E-state index contributed by atoms with van der Waals surface area (Å²) < 4.78 is 9.84. The van der Waals surface area contributed by atoms with Crippen molar-refractivity contribution in [3.05, 3.63) is 0 Å². The van der Waals surface area contributed by atoms with Crippen molar-refractivity contribution >= 4 is 18.0 Å². The third-order valence-corrected chi connectivity index (χ3v) is 3.87. The Morgan fingerprint density at radius 1 is 1.00 bits per heavy atom. The molecular formula is C18H33NO6. The van der Waals surface area contributed by atoms with E-state index in [2.05, 4.69) is 19.2 Å². The van der Waals surface area contributed by atoms with Crippen LogP contribution < -0.4 is 5.32 Å². The van der Waals surface area contributed by atoms with Crippen LogP contribution in [-0.2, 0) is 19.1 Å². The highest BCUT2D eigenvalue weighted by Gasteiger charge is 2.24. The Balaban J connectivity index is 4.43. The Morgan fingerprint density at radius 2 is 1.60 bits per heavy atom. The second-order valence-electron chi connectivity index (χ2n) is 7.12. The molecule has 0 saturated carbocycles. The highest BCUT2D eigenvalue weighted by atomic mass is 16.7. The first kappa shape index (κ1) is 23.2. The van der Waals surface area contributed by atoms with Crippen LogP contribution in [0, 0.1) is 23.7 Å². The maximum atomic E-state index is 11.7. The number of amides is 1. The van der Waals surface area contributed by atoms with Gasteiger partial charge < -0.3 is 19.9 Å². The van der Waals surface area contributed by atoms with Gasteiger partial charge in [-0.3, -0.25) is 9.59 Å². The molecule has 0 rings (SSSR count). The number of aliphatic carboxylic acids is 1. The van der Waals surface area contributed by atoms with Gasteiger partial charge in [-0.15, -0.1) is 0 Å². The van der Waals surface area contributed by atoms with E-state index in [0.717, 1.165) is 12.8 Å². The summed E-state index contributed by atoms with van der Waals surface area (Å²) in [5, 5.41) is 11.8. The number of ether oxygens (including phenoxy) is 2. The zero-order chi connectivity index (χ0) is 19.6. The molecule has 0 aromatic carbocycles. The molecule has 0 fully saturated rings. The Labute approximate surface area is 150 Å². The monoisotopic (exact) mass is 359 g/mol. The maximum absolute atomic E-state index is 11.7. The molecule has 0 saturated heterocycles. The number of carboxylic acids is 1. The first-order valence-corrected chi connectivity index (χ1v) is 8.94. The summed E-state index contributed by atoms with van der Waals surface area (Å²) >= 11 is 0. The number of hydrogen-bond acceptors (Lipinski definition) is 5. The molecule has 146 valence electrons. The lowest BCUT2D eigenvalue weighted by molar-refractivity contribution is -0.168. The average molecular weight is 359 g/mol. The van der Waals surface area contributed by atoms with Crippen LogP contribution in [0.5, 0.6) is 0 Å². The van der Waals surface area contributed by atoms with Gasteiger partial charge in [-0.1, -0.05) is 41.0 Å². The van der Waals surface area contributed by atoms with E-state index in [9.17, 15) is 19.5 Å². The van der Waals surface area contributed by atoms with Gasteiger partial charge in [0.25, 0.3) is 0 Å². The molecular weight excluding hydrogens is 326 g/mol. The topological polar surface area (TPSA) is 102 Å². The number of carboxylic acid groups (broad SMARTS) is 1. The molecule has 0 heterocycles. The van der Waals surface area contributed by atoms with E-state index in [0.29, 0.717) is 18.3 Å². The normalized spacial score (nSPS) is 14.7. The smallest absolute Gasteiger partial charge is 0.410 e. The molecule has 2 N–H and O–H groups in total. The third-order valence-electron chi connectivity index (χ3n) is 3.87. The van der Waals surface area contributed by atoms with Gasteiger partial charge in [-0.25, -0.2) is 4.79 Å². The lowest BCUT2D eigenvalue weighted by Gasteiger charge is -2.22. The van der Waals surface area contributed by atoms with Crippen molar-refractivity contribution in [3.63, 3.8) is 0 Å². The number of esters is 1. The predicted octanol–water partition coefficient (Wildman–Crippen LogP) is 3.42. The van der Waals surface area contributed by atoms with Crippen LogP contribution in [0.3, 0.4) is 0 Å². The zero-order valence-corrected chi connectivity index (χ0v) is 16.2. The Hall–Kier alpha value is -1.79. The number of nitrogens with one attached hydrogen (secondary N) is 1.